The maximum Gasteiger partial charge on any atom is 0.246 e. The van der Waals surface area contributed by atoms with E-state index in [4.69, 9.17) is 9.47 Å². The highest BCUT2D eigenvalue weighted by atomic mass is 19.1. The Morgan fingerprint density at radius 3 is 2.88 bits per heavy atom. The molecule has 5 aliphatic rings. The fraction of sp³-hybridized carbons (Fsp3) is 0.677. The number of likely N-dealkylation sites (tertiary alicyclic amines) is 1. The summed E-state index contributed by atoms with van der Waals surface area (Å²) in [5, 5.41) is 17.1. The molecule has 4 fully saturated rings. The average Bonchev–Trinajstić information content (AvgIpc) is 3.39. The standard InChI is InChI=1S/C31H44FN7O3/c1-4-27(40)39-16-15-38(18-21(39)11-13-33)29-23-10-12-31(20-37(3)28-24(32)8-5-9-26(28)42-31)17-25(23)34-30(35-29)41-19-22-7-6-14-36(22)2/h4-5,8-9,21-23,25,29-30,34-35H,1,6-7,10-12,14-20H2,2-3H3/t21?,22?,23?,25?,29?,30?,31-/m1/s1. The first kappa shape index (κ1) is 29.3. The number of fused-ring (bicyclic) bond motifs is 2. The molecule has 10 nitrogen and oxygen atoms in total. The Balaban J connectivity index is 1.22. The van der Waals surface area contributed by atoms with Gasteiger partial charge in [-0.3, -0.25) is 20.3 Å². The van der Waals surface area contributed by atoms with Crippen LogP contribution in [0.2, 0.25) is 0 Å². The summed E-state index contributed by atoms with van der Waals surface area (Å²) < 4.78 is 27.8. The SMILES string of the molecule is C=CC(=O)N1CCN(C2NC(OCC3CCCN3C)NC3C[C@]4(CCC32)CN(C)c2c(F)cccc2O4)CC1CC#N. The Morgan fingerprint density at radius 1 is 1.26 bits per heavy atom. The van der Waals surface area contributed by atoms with E-state index >= 15 is 0 Å². The number of anilines is 1. The third kappa shape index (κ3) is 5.63. The number of hydrogen-bond donors (Lipinski definition) is 2. The number of nitrogens with one attached hydrogen (secondary N) is 2. The fourth-order valence-electron chi connectivity index (χ4n) is 8.02. The Hall–Kier alpha value is -2.75. The number of likely N-dealkylation sites (N-methyl/N-ethyl adjacent to an activating group) is 2. The van der Waals surface area contributed by atoms with Crippen molar-refractivity contribution in [2.45, 2.75) is 74.8 Å². The van der Waals surface area contributed by atoms with Crippen molar-refractivity contribution in [3.63, 3.8) is 0 Å². The molecular weight excluding hydrogens is 537 g/mol. The molecule has 1 aromatic carbocycles. The Labute approximate surface area is 248 Å². The number of amides is 1. The van der Waals surface area contributed by atoms with Crippen molar-refractivity contribution in [1.82, 2.24) is 25.3 Å². The lowest BCUT2D eigenvalue weighted by Crippen LogP contribution is -2.73. The van der Waals surface area contributed by atoms with Crippen LogP contribution in [0.3, 0.4) is 0 Å². The number of hydrogen-bond acceptors (Lipinski definition) is 9. The second-order valence-electron chi connectivity index (χ2n) is 12.8. The molecule has 0 aromatic heterocycles. The van der Waals surface area contributed by atoms with Gasteiger partial charge >= 0.3 is 0 Å². The number of nitriles is 1. The minimum absolute atomic E-state index is 0.0214. The van der Waals surface area contributed by atoms with E-state index in [0.717, 1.165) is 32.2 Å². The maximum atomic E-state index is 14.7. The molecular formula is C31H44FN7O3. The molecule has 4 aliphatic heterocycles. The molecule has 1 aromatic rings. The van der Waals surface area contributed by atoms with Crippen LogP contribution in [0.15, 0.2) is 30.9 Å². The van der Waals surface area contributed by atoms with Crippen LogP contribution >= 0.6 is 0 Å². The second kappa shape index (κ2) is 12.1. The molecule has 1 amide bonds. The molecule has 1 aliphatic carbocycles. The Bertz CT molecular complexity index is 1210. The van der Waals surface area contributed by atoms with Crippen LogP contribution in [0.5, 0.6) is 5.75 Å². The Morgan fingerprint density at radius 2 is 2.12 bits per heavy atom. The van der Waals surface area contributed by atoms with E-state index in [0.29, 0.717) is 50.3 Å². The minimum atomic E-state index is -0.430. The third-order valence-electron chi connectivity index (χ3n) is 10.1. The summed E-state index contributed by atoms with van der Waals surface area (Å²) in [5.74, 6) is 0.497. The number of carbonyl (C=O) groups excluding carboxylic acids is 1. The summed E-state index contributed by atoms with van der Waals surface area (Å²) in [6.45, 7) is 7.89. The highest BCUT2D eigenvalue weighted by Gasteiger charge is 2.52. The van der Waals surface area contributed by atoms with Gasteiger partial charge in [-0.25, -0.2) is 4.39 Å². The number of piperazine rings is 1. The van der Waals surface area contributed by atoms with E-state index in [-0.39, 0.29) is 48.7 Å². The summed E-state index contributed by atoms with van der Waals surface area (Å²) in [5.41, 5.74) is 0.0963. The van der Waals surface area contributed by atoms with Crippen LogP contribution in [-0.2, 0) is 9.53 Å². The van der Waals surface area contributed by atoms with Gasteiger partial charge in [0.1, 0.15) is 22.9 Å². The van der Waals surface area contributed by atoms with Gasteiger partial charge in [-0.2, -0.15) is 5.26 Å². The van der Waals surface area contributed by atoms with E-state index in [1.807, 2.05) is 18.0 Å². The van der Waals surface area contributed by atoms with E-state index in [2.05, 4.69) is 40.1 Å². The molecule has 1 saturated carbocycles. The minimum Gasteiger partial charge on any atom is -0.483 e. The first-order valence-corrected chi connectivity index (χ1v) is 15.4. The van der Waals surface area contributed by atoms with E-state index in [1.54, 1.807) is 11.0 Å². The van der Waals surface area contributed by atoms with Crippen LogP contribution in [-0.4, -0.2) is 110 Å². The number of benzene rings is 1. The van der Waals surface area contributed by atoms with E-state index in [1.165, 1.54) is 18.6 Å². The fourth-order valence-corrected chi connectivity index (χ4v) is 8.02. The molecule has 0 radical (unpaired) electrons. The average molecular weight is 582 g/mol. The van der Waals surface area contributed by atoms with Crippen molar-refractivity contribution < 1.29 is 18.7 Å². The predicted molar refractivity (Wildman–Crippen MR) is 157 cm³/mol. The number of para-hydroxylation sites is 1. The first-order chi connectivity index (χ1) is 20.3. The van der Waals surface area contributed by atoms with Crippen molar-refractivity contribution in [1.29, 1.82) is 5.26 Å². The van der Waals surface area contributed by atoms with Crippen molar-refractivity contribution in [2.24, 2.45) is 5.92 Å². The van der Waals surface area contributed by atoms with E-state index < -0.39 is 5.60 Å². The number of rotatable bonds is 6. The quantitative estimate of drug-likeness (QED) is 0.490. The summed E-state index contributed by atoms with van der Waals surface area (Å²) in [6, 6.07) is 7.67. The van der Waals surface area contributed by atoms with Crippen LogP contribution in [0.4, 0.5) is 10.1 Å². The molecule has 11 heteroatoms. The molecule has 6 rings (SSSR count). The first-order valence-electron chi connectivity index (χ1n) is 15.4. The summed E-state index contributed by atoms with van der Waals surface area (Å²) in [4.78, 5) is 21.1. The molecule has 4 heterocycles. The van der Waals surface area contributed by atoms with Crippen LogP contribution in [0.1, 0.15) is 38.5 Å². The molecule has 2 N–H and O–H groups in total. The van der Waals surface area contributed by atoms with Crippen molar-refractivity contribution in [2.75, 3.05) is 58.3 Å². The number of halogens is 1. The summed E-state index contributed by atoms with van der Waals surface area (Å²) >= 11 is 0. The van der Waals surface area contributed by atoms with Crippen molar-refractivity contribution >= 4 is 11.6 Å². The van der Waals surface area contributed by atoms with Crippen LogP contribution < -0.4 is 20.3 Å². The summed E-state index contributed by atoms with van der Waals surface area (Å²) in [7, 11) is 4.10. The number of carbonyl (C=O) groups is 1. The normalized spacial score (nSPS) is 35.3. The third-order valence-corrected chi connectivity index (χ3v) is 10.1. The van der Waals surface area contributed by atoms with Crippen molar-refractivity contribution in [3.8, 4) is 11.8 Å². The van der Waals surface area contributed by atoms with Gasteiger partial charge in [-0.1, -0.05) is 12.6 Å². The topological polar surface area (TPSA) is 96.3 Å². The molecule has 42 heavy (non-hydrogen) atoms. The molecule has 228 valence electrons. The smallest absolute Gasteiger partial charge is 0.246 e. The second-order valence-corrected chi connectivity index (χ2v) is 12.8. The lowest BCUT2D eigenvalue weighted by atomic mass is 9.72. The zero-order valence-electron chi connectivity index (χ0n) is 24.8. The number of nitrogens with zero attached hydrogens (tertiary/aromatic N) is 5. The maximum absolute atomic E-state index is 14.7. The Kier molecular flexibility index (Phi) is 8.44. The van der Waals surface area contributed by atoms with Gasteiger partial charge in [0.2, 0.25) is 5.91 Å². The lowest BCUT2D eigenvalue weighted by molar-refractivity contribution is -0.139. The lowest BCUT2D eigenvalue weighted by Gasteiger charge is -2.56. The highest BCUT2D eigenvalue weighted by Crippen LogP contribution is 2.46. The molecule has 7 atom stereocenters. The van der Waals surface area contributed by atoms with Crippen LogP contribution in [0, 0.1) is 23.1 Å². The van der Waals surface area contributed by atoms with Gasteiger partial charge in [0.25, 0.3) is 0 Å². The molecule has 0 bridgehead atoms. The highest BCUT2D eigenvalue weighted by molar-refractivity contribution is 5.87. The van der Waals surface area contributed by atoms with E-state index in [9.17, 15) is 14.4 Å². The van der Waals surface area contributed by atoms with Gasteiger partial charge in [0.15, 0.2) is 6.35 Å². The predicted octanol–water partition coefficient (Wildman–Crippen LogP) is 2.09. The zero-order chi connectivity index (χ0) is 29.4. The molecule has 6 unspecified atom stereocenters. The van der Waals surface area contributed by atoms with Gasteiger partial charge in [-0.05, 0) is 57.5 Å². The summed E-state index contributed by atoms with van der Waals surface area (Å²) in [6.07, 6.45) is 6.16. The van der Waals surface area contributed by atoms with Gasteiger partial charge < -0.3 is 24.2 Å². The molecule has 3 saturated heterocycles. The van der Waals surface area contributed by atoms with Gasteiger partial charge in [0.05, 0.1) is 37.8 Å². The molecule has 1 spiro atoms. The van der Waals surface area contributed by atoms with Crippen molar-refractivity contribution in [3.05, 3.63) is 36.7 Å². The van der Waals surface area contributed by atoms with Gasteiger partial charge in [-0.15, -0.1) is 0 Å². The monoisotopic (exact) mass is 581 g/mol. The van der Waals surface area contributed by atoms with Gasteiger partial charge in [0, 0.05) is 51.1 Å². The van der Waals surface area contributed by atoms with Crippen LogP contribution in [0.25, 0.3) is 0 Å². The zero-order valence-corrected chi connectivity index (χ0v) is 24.8. The largest absolute Gasteiger partial charge is 0.483 e. The number of ether oxygens (including phenoxy) is 2.